The van der Waals surface area contributed by atoms with E-state index in [1.54, 1.807) is 0 Å². The summed E-state index contributed by atoms with van der Waals surface area (Å²) in [5.41, 5.74) is 0.531. The fourth-order valence-electron chi connectivity index (χ4n) is 2.19. The molecule has 0 saturated heterocycles. The van der Waals surface area contributed by atoms with Crippen LogP contribution in [0.2, 0.25) is 0 Å². The normalized spacial score (nSPS) is 15.5. The molecule has 0 radical (unpaired) electrons. The summed E-state index contributed by atoms with van der Waals surface area (Å²) in [7, 11) is 0. The van der Waals surface area contributed by atoms with Crippen molar-refractivity contribution in [3.05, 3.63) is 0 Å². The lowest BCUT2D eigenvalue weighted by Crippen LogP contribution is -2.26. The predicted molar refractivity (Wildman–Crippen MR) is 52.7 cm³/mol. The zero-order valence-electron chi connectivity index (χ0n) is 9.07. The van der Waals surface area contributed by atoms with Crippen molar-refractivity contribution in [3.63, 3.8) is 0 Å². The van der Waals surface area contributed by atoms with Gasteiger partial charge in [0.2, 0.25) is 0 Å². The molecule has 0 bridgehead atoms. The molecule has 1 atom stereocenters. The molecule has 0 saturated carbocycles. The Bertz CT molecular complexity index is 101. The standard InChI is InChI=1S/C11H24/c1-7-10(9(3)4)11(5,6)8-2/h9-10H,7-8H2,1-6H3. The minimum Gasteiger partial charge on any atom is -0.0651 e. The summed E-state index contributed by atoms with van der Waals surface area (Å²) in [5, 5.41) is 0. The highest BCUT2D eigenvalue weighted by Gasteiger charge is 2.28. The summed E-state index contributed by atoms with van der Waals surface area (Å²) in [6, 6.07) is 0. The van der Waals surface area contributed by atoms with Crippen LogP contribution in [-0.2, 0) is 0 Å². The van der Waals surface area contributed by atoms with Crippen LogP contribution in [0, 0.1) is 17.3 Å². The average molecular weight is 156 g/mol. The zero-order chi connectivity index (χ0) is 9.07. The van der Waals surface area contributed by atoms with Gasteiger partial charge in [-0.15, -0.1) is 0 Å². The highest BCUT2D eigenvalue weighted by Crippen LogP contribution is 2.37. The molecule has 0 nitrogen and oxygen atoms in total. The minimum atomic E-state index is 0.531. The monoisotopic (exact) mass is 156 g/mol. The van der Waals surface area contributed by atoms with Gasteiger partial charge >= 0.3 is 0 Å². The van der Waals surface area contributed by atoms with Crippen LogP contribution in [0.25, 0.3) is 0 Å². The maximum atomic E-state index is 2.39. The smallest absolute Gasteiger partial charge is 0.0326 e. The van der Waals surface area contributed by atoms with E-state index < -0.39 is 0 Å². The summed E-state index contributed by atoms with van der Waals surface area (Å²) < 4.78 is 0. The van der Waals surface area contributed by atoms with Gasteiger partial charge in [0, 0.05) is 0 Å². The first kappa shape index (κ1) is 11.0. The molecule has 0 rings (SSSR count). The summed E-state index contributed by atoms with van der Waals surface area (Å²) in [6.45, 7) is 14.1. The van der Waals surface area contributed by atoms with Crippen molar-refractivity contribution in [3.8, 4) is 0 Å². The van der Waals surface area contributed by atoms with Crippen molar-refractivity contribution < 1.29 is 0 Å². The molecule has 0 aromatic carbocycles. The van der Waals surface area contributed by atoms with Crippen LogP contribution < -0.4 is 0 Å². The van der Waals surface area contributed by atoms with Gasteiger partial charge in [0.05, 0.1) is 0 Å². The van der Waals surface area contributed by atoms with Gasteiger partial charge in [-0.2, -0.15) is 0 Å². The van der Waals surface area contributed by atoms with Crippen molar-refractivity contribution in [2.24, 2.45) is 17.3 Å². The highest BCUT2D eigenvalue weighted by molar-refractivity contribution is 4.78. The number of rotatable bonds is 4. The lowest BCUT2D eigenvalue weighted by Gasteiger charge is -2.35. The molecule has 0 aliphatic heterocycles. The van der Waals surface area contributed by atoms with E-state index in [1.807, 2.05) is 0 Å². The van der Waals surface area contributed by atoms with Gasteiger partial charge < -0.3 is 0 Å². The minimum absolute atomic E-state index is 0.531. The highest BCUT2D eigenvalue weighted by atomic mass is 14.3. The average Bonchev–Trinajstić information content (AvgIpc) is 1.88. The molecule has 68 valence electrons. The van der Waals surface area contributed by atoms with Crippen LogP contribution in [0.15, 0.2) is 0 Å². The topological polar surface area (TPSA) is 0 Å². The molecular weight excluding hydrogens is 132 g/mol. The van der Waals surface area contributed by atoms with E-state index in [0.717, 1.165) is 11.8 Å². The Morgan fingerprint density at radius 3 is 1.64 bits per heavy atom. The van der Waals surface area contributed by atoms with E-state index >= 15 is 0 Å². The Hall–Kier alpha value is 0. The zero-order valence-corrected chi connectivity index (χ0v) is 9.07. The molecule has 0 aromatic rings. The molecule has 0 aromatic heterocycles. The molecular formula is C11H24. The van der Waals surface area contributed by atoms with Gasteiger partial charge in [-0.05, 0) is 17.3 Å². The van der Waals surface area contributed by atoms with Gasteiger partial charge in [-0.25, -0.2) is 0 Å². The maximum absolute atomic E-state index is 2.39. The van der Waals surface area contributed by atoms with Crippen molar-refractivity contribution in [2.45, 2.75) is 54.4 Å². The van der Waals surface area contributed by atoms with Gasteiger partial charge in [0.25, 0.3) is 0 Å². The summed E-state index contributed by atoms with van der Waals surface area (Å²) in [5.74, 6) is 1.71. The SMILES string of the molecule is CCC(C(C)C)C(C)(C)CC. The van der Waals surface area contributed by atoms with E-state index in [-0.39, 0.29) is 0 Å². The van der Waals surface area contributed by atoms with E-state index in [9.17, 15) is 0 Å². The van der Waals surface area contributed by atoms with Crippen molar-refractivity contribution >= 4 is 0 Å². The Morgan fingerprint density at radius 2 is 1.55 bits per heavy atom. The third-order valence-electron chi connectivity index (χ3n) is 3.16. The van der Waals surface area contributed by atoms with Gasteiger partial charge in [0.1, 0.15) is 0 Å². The first-order chi connectivity index (χ1) is 4.95. The maximum Gasteiger partial charge on any atom is -0.0326 e. The van der Waals surface area contributed by atoms with Crippen LogP contribution in [0.1, 0.15) is 54.4 Å². The molecule has 0 fully saturated rings. The third-order valence-corrected chi connectivity index (χ3v) is 3.16. The molecule has 0 aliphatic rings. The molecule has 11 heavy (non-hydrogen) atoms. The third kappa shape index (κ3) is 2.84. The van der Waals surface area contributed by atoms with Gasteiger partial charge in [-0.1, -0.05) is 54.4 Å². The molecule has 0 heteroatoms. The van der Waals surface area contributed by atoms with Gasteiger partial charge in [0.15, 0.2) is 0 Å². The predicted octanol–water partition coefficient (Wildman–Crippen LogP) is 4.10. The van der Waals surface area contributed by atoms with Crippen LogP contribution in [0.3, 0.4) is 0 Å². The molecule has 0 amide bonds. The van der Waals surface area contributed by atoms with Crippen LogP contribution in [0.5, 0.6) is 0 Å². The molecule has 0 N–H and O–H groups in total. The van der Waals surface area contributed by atoms with Crippen LogP contribution in [-0.4, -0.2) is 0 Å². The molecule has 0 heterocycles. The van der Waals surface area contributed by atoms with Crippen molar-refractivity contribution in [1.29, 1.82) is 0 Å². The Kier molecular flexibility index (Phi) is 4.13. The summed E-state index contributed by atoms with van der Waals surface area (Å²) in [6.07, 6.45) is 2.61. The van der Waals surface area contributed by atoms with Crippen molar-refractivity contribution in [1.82, 2.24) is 0 Å². The number of hydrogen-bond acceptors (Lipinski definition) is 0. The fourth-order valence-corrected chi connectivity index (χ4v) is 2.19. The second kappa shape index (κ2) is 4.13. The lowest BCUT2D eigenvalue weighted by atomic mass is 9.70. The lowest BCUT2D eigenvalue weighted by molar-refractivity contribution is 0.145. The van der Waals surface area contributed by atoms with Gasteiger partial charge in [-0.3, -0.25) is 0 Å². The van der Waals surface area contributed by atoms with E-state index in [4.69, 9.17) is 0 Å². The largest absolute Gasteiger partial charge is 0.0651 e. The van der Waals surface area contributed by atoms with E-state index in [2.05, 4.69) is 41.5 Å². The van der Waals surface area contributed by atoms with E-state index in [1.165, 1.54) is 12.8 Å². The van der Waals surface area contributed by atoms with E-state index in [0.29, 0.717) is 5.41 Å². The molecule has 0 aliphatic carbocycles. The molecule has 0 spiro atoms. The Morgan fingerprint density at radius 1 is 1.09 bits per heavy atom. The Labute approximate surface area is 72.4 Å². The van der Waals surface area contributed by atoms with Crippen LogP contribution in [0.4, 0.5) is 0 Å². The first-order valence-corrected chi connectivity index (χ1v) is 4.95. The quantitative estimate of drug-likeness (QED) is 0.574. The fraction of sp³-hybridized carbons (Fsp3) is 1.00. The Balaban J connectivity index is 4.23. The number of hydrogen-bond donors (Lipinski definition) is 0. The summed E-state index contributed by atoms with van der Waals surface area (Å²) in [4.78, 5) is 0. The van der Waals surface area contributed by atoms with Crippen LogP contribution >= 0.6 is 0 Å². The second-order valence-corrected chi connectivity index (χ2v) is 4.60. The first-order valence-electron chi connectivity index (χ1n) is 4.95. The summed E-state index contributed by atoms with van der Waals surface area (Å²) >= 11 is 0. The second-order valence-electron chi connectivity index (χ2n) is 4.60. The van der Waals surface area contributed by atoms with Crippen molar-refractivity contribution in [2.75, 3.05) is 0 Å². The molecule has 1 unspecified atom stereocenters.